The van der Waals surface area contributed by atoms with Crippen LogP contribution in [0, 0.1) is 13.8 Å². The average molecular weight is 278 g/mol. The van der Waals surface area contributed by atoms with E-state index in [1.54, 1.807) is 0 Å². The molecule has 0 radical (unpaired) electrons. The summed E-state index contributed by atoms with van der Waals surface area (Å²) in [7, 11) is 0. The van der Waals surface area contributed by atoms with Crippen LogP contribution >= 0.6 is 0 Å². The molecule has 3 aromatic rings. The highest BCUT2D eigenvalue weighted by Crippen LogP contribution is 2.22. The summed E-state index contributed by atoms with van der Waals surface area (Å²) in [6.07, 6.45) is 0. The van der Waals surface area contributed by atoms with Crippen LogP contribution in [0.5, 0.6) is 0 Å². The molecule has 1 N–H and O–H groups in total. The zero-order valence-corrected chi connectivity index (χ0v) is 12.5. The van der Waals surface area contributed by atoms with Crippen molar-refractivity contribution in [3.63, 3.8) is 0 Å². The first kappa shape index (κ1) is 13.5. The Morgan fingerprint density at radius 2 is 1.76 bits per heavy atom. The minimum atomic E-state index is 0.666. The fourth-order valence-corrected chi connectivity index (χ4v) is 2.27. The number of rotatable bonds is 3. The third-order valence-electron chi connectivity index (χ3n) is 3.56. The molecule has 4 heteroatoms. The van der Waals surface area contributed by atoms with Gasteiger partial charge in [-0.3, -0.25) is 0 Å². The number of aryl methyl sites for hydroxylation is 1. The van der Waals surface area contributed by atoms with Crippen molar-refractivity contribution in [3.8, 4) is 11.5 Å². The lowest BCUT2D eigenvalue weighted by Gasteiger charge is -2.11. The Labute approximate surface area is 124 Å². The van der Waals surface area contributed by atoms with Crippen LogP contribution in [0.3, 0.4) is 0 Å². The van der Waals surface area contributed by atoms with E-state index >= 15 is 0 Å². The summed E-state index contributed by atoms with van der Waals surface area (Å²) in [6, 6.07) is 12.1. The molecule has 106 valence electrons. The number of nitrogens with zero attached hydrogens (tertiary/aromatic N) is 3. The van der Waals surface area contributed by atoms with Gasteiger partial charge in [-0.2, -0.15) is 0 Å². The third-order valence-corrected chi connectivity index (χ3v) is 3.56. The fourth-order valence-electron chi connectivity index (χ4n) is 2.27. The maximum Gasteiger partial charge on any atom is 0.180 e. The normalized spacial score (nSPS) is 10.8. The van der Waals surface area contributed by atoms with Crippen LogP contribution in [-0.4, -0.2) is 21.5 Å². The standard InChI is InChI=1S/C17H18N4/c1-4-18-16-11(2)12(3)19-17(21-16)15-10-9-13-7-5-6-8-14(13)20-15/h5-10H,4H2,1-3H3,(H,18,19,21). The van der Waals surface area contributed by atoms with Crippen LogP contribution in [-0.2, 0) is 0 Å². The molecule has 0 fully saturated rings. The largest absolute Gasteiger partial charge is 0.370 e. The number of fused-ring (bicyclic) bond motifs is 1. The summed E-state index contributed by atoms with van der Waals surface area (Å²) in [5.74, 6) is 1.55. The van der Waals surface area contributed by atoms with Gasteiger partial charge in [0.15, 0.2) is 5.82 Å². The topological polar surface area (TPSA) is 50.7 Å². The molecule has 0 amide bonds. The molecule has 2 heterocycles. The molecule has 4 nitrogen and oxygen atoms in total. The molecule has 0 atom stereocenters. The first-order chi connectivity index (χ1) is 10.2. The van der Waals surface area contributed by atoms with Crippen molar-refractivity contribution in [2.24, 2.45) is 0 Å². The van der Waals surface area contributed by atoms with Crippen molar-refractivity contribution in [1.29, 1.82) is 0 Å². The second-order valence-electron chi connectivity index (χ2n) is 5.03. The van der Waals surface area contributed by atoms with Crippen molar-refractivity contribution >= 4 is 16.7 Å². The number of benzene rings is 1. The number of para-hydroxylation sites is 1. The van der Waals surface area contributed by atoms with E-state index in [1.807, 2.05) is 38.1 Å². The summed E-state index contributed by atoms with van der Waals surface area (Å²) < 4.78 is 0. The molecule has 1 aromatic carbocycles. The lowest BCUT2D eigenvalue weighted by atomic mass is 10.2. The van der Waals surface area contributed by atoms with Crippen molar-refractivity contribution in [2.75, 3.05) is 11.9 Å². The zero-order chi connectivity index (χ0) is 14.8. The third kappa shape index (κ3) is 2.57. The van der Waals surface area contributed by atoms with Gasteiger partial charge in [0.2, 0.25) is 0 Å². The molecular weight excluding hydrogens is 260 g/mol. The highest BCUT2D eigenvalue weighted by Gasteiger charge is 2.10. The Hall–Kier alpha value is -2.49. The Balaban J connectivity index is 2.13. The van der Waals surface area contributed by atoms with E-state index in [2.05, 4.69) is 39.3 Å². The Kier molecular flexibility index (Phi) is 3.52. The van der Waals surface area contributed by atoms with Gasteiger partial charge in [-0.25, -0.2) is 15.0 Å². The molecule has 0 unspecified atom stereocenters. The van der Waals surface area contributed by atoms with E-state index in [-0.39, 0.29) is 0 Å². The Morgan fingerprint density at radius 3 is 2.57 bits per heavy atom. The van der Waals surface area contributed by atoms with E-state index in [0.29, 0.717) is 5.82 Å². The Bertz CT molecular complexity index is 796. The molecule has 0 aliphatic rings. The van der Waals surface area contributed by atoms with Gasteiger partial charge in [-0.05, 0) is 32.9 Å². The second kappa shape index (κ2) is 5.48. The van der Waals surface area contributed by atoms with Crippen LogP contribution in [0.15, 0.2) is 36.4 Å². The van der Waals surface area contributed by atoms with Gasteiger partial charge < -0.3 is 5.32 Å². The minimum Gasteiger partial charge on any atom is -0.370 e. The number of hydrogen-bond acceptors (Lipinski definition) is 4. The average Bonchev–Trinajstić information content (AvgIpc) is 2.51. The summed E-state index contributed by atoms with van der Waals surface area (Å²) in [6.45, 7) is 6.93. The number of aromatic nitrogens is 3. The zero-order valence-electron chi connectivity index (χ0n) is 12.5. The van der Waals surface area contributed by atoms with E-state index in [4.69, 9.17) is 0 Å². The summed E-state index contributed by atoms with van der Waals surface area (Å²) in [4.78, 5) is 13.9. The van der Waals surface area contributed by atoms with Crippen molar-refractivity contribution < 1.29 is 0 Å². The van der Waals surface area contributed by atoms with Gasteiger partial charge in [0.05, 0.1) is 5.52 Å². The van der Waals surface area contributed by atoms with E-state index < -0.39 is 0 Å². The molecule has 21 heavy (non-hydrogen) atoms. The number of anilines is 1. The summed E-state index contributed by atoms with van der Waals surface area (Å²) in [5, 5.41) is 4.41. The Morgan fingerprint density at radius 1 is 0.952 bits per heavy atom. The first-order valence-electron chi connectivity index (χ1n) is 7.14. The van der Waals surface area contributed by atoms with Crippen molar-refractivity contribution in [2.45, 2.75) is 20.8 Å². The lowest BCUT2D eigenvalue weighted by molar-refractivity contribution is 1.04. The molecule has 2 aromatic heterocycles. The summed E-state index contributed by atoms with van der Waals surface area (Å²) in [5.41, 5.74) is 3.82. The smallest absolute Gasteiger partial charge is 0.180 e. The molecule has 0 aliphatic heterocycles. The van der Waals surface area contributed by atoms with Gasteiger partial charge >= 0.3 is 0 Å². The van der Waals surface area contributed by atoms with Gasteiger partial charge in [0.25, 0.3) is 0 Å². The predicted molar refractivity (Wildman–Crippen MR) is 86.4 cm³/mol. The van der Waals surface area contributed by atoms with Gasteiger partial charge in [0, 0.05) is 23.2 Å². The van der Waals surface area contributed by atoms with Crippen molar-refractivity contribution in [1.82, 2.24) is 15.0 Å². The van der Waals surface area contributed by atoms with E-state index in [1.165, 1.54) is 0 Å². The molecule has 0 spiro atoms. The highest BCUT2D eigenvalue weighted by atomic mass is 15.0. The molecule has 0 saturated carbocycles. The molecular formula is C17H18N4. The minimum absolute atomic E-state index is 0.666. The van der Waals surface area contributed by atoms with Crippen LogP contribution in [0.4, 0.5) is 5.82 Å². The summed E-state index contributed by atoms with van der Waals surface area (Å²) >= 11 is 0. The van der Waals surface area contributed by atoms with Crippen LogP contribution in [0.1, 0.15) is 18.2 Å². The van der Waals surface area contributed by atoms with Crippen LogP contribution in [0.25, 0.3) is 22.4 Å². The molecule has 0 aliphatic carbocycles. The number of hydrogen-bond donors (Lipinski definition) is 1. The SMILES string of the molecule is CCNc1nc(-c2ccc3ccccc3n2)nc(C)c1C. The van der Waals surface area contributed by atoms with Crippen molar-refractivity contribution in [3.05, 3.63) is 47.7 Å². The quantitative estimate of drug-likeness (QED) is 0.793. The van der Waals surface area contributed by atoms with Gasteiger partial charge in [-0.1, -0.05) is 24.3 Å². The highest BCUT2D eigenvalue weighted by molar-refractivity contribution is 5.80. The van der Waals surface area contributed by atoms with E-state index in [9.17, 15) is 0 Å². The van der Waals surface area contributed by atoms with Gasteiger partial charge in [0.1, 0.15) is 11.5 Å². The predicted octanol–water partition coefficient (Wildman–Crippen LogP) is 3.74. The maximum absolute atomic E-state index is 4.66. The lowest BCUT2D eigenvalue weighted by Crippen LogP contribution is -2.06. The number of pyridine rings is 1. The van der Waals surface area contributed by atoms with Crippen LogP contribution < -0.4 is 5.32 Å². The molecule has 0 saturated heterocycles. The molecule has 3 rings (SSSR count). The monoisotopic (exact) mass is 278 g/mol. The van der Waals surface area contributed by atoms with Crippen LogP contribution in [0.2, 0.25) is 0 Å². The fraction of sp³-hybridized carbons (Fsp3) is 0.235. The molecule has 0 bridgehead atoms. The maximum atomic E-state index is 4.66. The first-order valence-corrected chi connectivity index (χ1v) is 7.14. The van der Waals surface area contributed by atoms with Gasteiger partial charge in [-0.15, -0.1) is 0 Å². The second-order valence-corrected chi connectivity index (χ2v) is 5.03. The number of nitrogens with one attached hydrogen (secondary N) is 1. The van der Waals surface area contributed by atoms with E-state index in [0.717, 1.165) is 40.2 Å².